The summed E-state index contributed by atoms with van der Waals surface area (Å²) in [6.45, 7) is 5.40. The van der Waals surface area contributed by atoms with E-state index in [1.54, 1.807) is 13.0 Å². The first-order valence-electron chi connectivity index (χ1n) is 4.45. The maximum atomic E-state index is 11.1. The topological polar surface area (TPSA) is 69.6 Å². The van der Waals surface area contributed by atoms with E-state index in [0.717, 1.165) is 0 Å². The van der Waals surface area contributed by atoms with Crippen molar-refractivity contribution >= 4 is 5.91 Å². The number of hydrogen-bond acceptors (Lipinski definition) is 3. The zero-order valence-corrected chi connectivity index (χ0v) is 8.45. The number of phenols is 2. The highest BCUT2D eigenvalue weighted by molar-refractivity contribution is 5.91. The van der Waals surface area contributed by atoms with Gasteiger partial charge in [0.25, 0.3) is 0 Å². The van der Waals surface area contributed by atoms with Gasteiger partial charge in [0.2, 0.25) is 5.91 Å². The number of carbonyl (C=O) groups is 1. The monoisotopic (exact) mass is 207 g/mol. The van der Waals surface area contributed by atoms with Gasteiger partial charge in [-0.05, 0) is 24.6 Å². The molecule has 80 valence electrons. The Bertz CT molecular complexity index is 399. The van der Waals surface area contributed by atoms with Crippen molar-refractivity contribution in [3.63, 3.8) is 0 Å². The summed E-state index contributed by atoms with van der Waals surface area (Å²) in [7, 11) is 0. The Labute approximate surface area is 87.9 Å². The lowest BCUT2D eigenvalue weighted by Gasteiger charge is -2.05. The summed E-state index contributed by atoms with van der Waals surface area (Å²) in [5.41, 5.74) is 1.14. The minimum atomic E-state index is -0.234. The van der Waals surface area contributed by atoms with Crippen LogP contribution in [0.4, 0.5) is 0 Å². The van der Waals surface area contributed by atoms with E-state index in [1.165, 1.54) is 12.1 Å². The number of phenolic OH excluding ortho intramolecular Hbond substituents is 2. The second kappa shape index (κ2) is 4.50. The van der Waals surface area contributed by atoms with E-state index in [9.17, 15) is 9.90 Å². The van der Waals surface area contributed by atoms with Crippen molar-refractivity contribution in [3.8, 4) is 11.5 Å². The number of rotatable bonds is 3. The van der Waals surface area contributed by atoms with E-state index in [2.05, 4.69) is 11.9 Å². The number of amides is 1. The maximum Gasteiger partial charge on any atom is 0.246 e. The number of carbonyl (C=O) groups excluding carboxylic acids is 1. The Balaban J connectivity index is 2.62. The molecule has 1 rings (SSSR count). The van der Waals surface area contributed by atoms with Gasteiger partial charge in [0.15, 0.2) is 11.5 Å². The summed E-state index contributed by atoms with van der Waals surface area (Å²) in [4.78, 5) is 11.1. The van der Waals surface area contributed by atoms with Crippen LogP contribution in [-0.2, 0) is 11.3 Å². The number of aromatic hydroxyl groups is 2. The first-order chi connectivity index (χ1) is 7.00. The van der Waals surface area contributed by atoms with E-state index in [4.69, 9.17) is 5.11 Å². The first kappa shape index (κ1) is 11.1. The van der Waals surface area contributed by atoms with E-state index in [-0.39, 0.29) is 17.4 Å². The lowest BCUT2D eigenvalue weighted by Crippen LogP contribution is -2.22. The van der Waals surface area contributed by atoms with Crippen LogP contribution < -0.4 is 5.32 Å². The van der Waals surface area contributed by atoms with Crippen LogP contribution in [0.5, 0.6) is 11.5 Å². The first-order valence-corrected chi connectivity index (χ1v) is 4.45. The third kappa shape index (κ3) is 3.02. The van der Waals surface area contributed by atoms with Crippen LogP contribution in [0.1, 0.15) is 12.5 Å². The molecule has 3 N–H and O–H groups in total. The smallest absolute Gasteiger partial charge is 0.246 e. The molecule has 0 bridgehead atoms. The Morgan fingerprint density at radius 3 is 2.60 bits per heavy atom. The fourth-order valence-corrected chi connectivity index (χ4v) is 1.01. The normalized spacial score (nSPS) is 9.67. The molecule has 0 saturated carbocycles. The molecule has 0 aliphatic heterocycles. The molecule has 0 radical (unpaired) electrons. The van der Waals surface area contributed by atoms with Gasteiger partial charge in [0, 0.05) is 12.1 Å². The van der Waals surface area contributed by atoms with Crippen LogP contribution in [0, 0.1) is 0 Å². The molecule has 0 atom stereocenters. The largest absolute Gasteiger partial charge is 0.504 e. The highest BCUT2D eigenvalue weighted by Crippen LogP contribution is 2.24. The molecule has 15 heavy (non-hydrogen) atoms. The van der Waals surface area contributed by atoms with E-state index < -0.39 is 0 Å². The van der Waals surface area contributed by atoms with Gasteiger partial charge in [-0.25, -0.2) is 0 Å². The number of nitrogens with one attached hydrogen (secondary N) is 1. The number of hydrogen-bond donors (Lipinski definition) is 3. The summed E-state index contributed by atoms with van der Waals surface area (Å²) >= 11 is 0. The van der Waals surface area contributed by atoms with Crippen LogP contribution in [0.3, 0.4) is 0 Å². The van der Waals surface area contributed by atoms with Gasteiger partial charge in [-0.15, -0.1) is 0 Å². The molecule has 1 aromatic rings. The molecule has 0 heterocycles. The SMILES string of the molecule is C=C(C)C(=O)NCc1ccc(O)c(O)c1. The fraction of sp³-hybridized carbons (Fsp3) is 0.182. The molecule has 0 aromatic heterocycles. The van der Waals surface area contributed by atoms with Crippen molar-refractivity contribution in [1.82, 2.24) is 5.32 Å². The molecule has 4 nitrogen and oxygen atoms in total. The predicted molar refractivity (Wildman–Crippen MR) is 56.4 cm³/mol. The Hall–Kier alpha value is -1.97. The highest BCUT2D eigenvalue weighted by Gasteiger charge is 2.03. The van der Waals surface area contributed by atoms with E-state index in [1.807, 2.05) is 0 Å². The molecule has 0 fully saturated rings. The van der Waals surface area contributed by atoms with Crippen molar-refractivity contribution < 1.29 is 15.0 Å². The zero-order chi connectivity index (χ0) is 11.4. The minimum absolute atomic E-state index is 0.176. The van der Waals surface area contributed by atoms with Gasteiger partial charge in [-0.3, -0.25) is 4.79 Å². The second-order valence-electron chi connectivity index (χ2n) is 3.29. The van der Waals surface area contributed by atoms with Crippen LogP contribution in [0.2, 0.25) is 0 Å². The van der Waals surface area contributed by atoms with E-state index >= 15 is 0 Å². The van der Waals surface area contributed by atoms with Gasteiger partial charge in [-0.2, -0.15) is 0 Å². The Morgan fingerprint density at radius 2 is 2.07 bits per heavy atom. The lowest BCUT2D eigenvalue weighted by molar-refractivity contribution is -0.117. The molecule has 0 saturated heterocycles. The number of benzene rings is 1. The molecule has 1 amide bonds. The van der Waals surface area contributed by atoms with Crippen LogP contribution in [0.25, 0.3) is 0 Å². The Morgan fingerprint density at radius 1 is 1.40 bits per heavy atom. The van der Waals surface area contributed by atoms with Gasteiger partial charge < -0.3 is 15.5 Å². The van der Waals surface area contributed by atoms with Crippen LogP contribution >= 0.6 is 0 Å². The van der Waals surface area contributed by atoms with Crippen molar-refractivity contribution in [2.24, 2.45) is 0 Å². The minimum Gasteiger partial charge on any atom is -0.504 e. The van der Waals surface area contributed by atoms with Crippen molar-refractivity contribution in [1.29, 1.82) is 0 Å². The molecule has 0 unspecified atom stereocenters. The summed E-state index contributed by atoms with van der Waals surface area (Å²) in [6.07, 6.45) is 0. The molecule has 0 aliphatic rings. The molecule has 0 spiro atoms. The van der Waals surface area contributed by atoms with Gasteiger partial charge >= 0.3 is 0 Å². The molecule has 1 aromatic carbocycles. The lowest BCUT2D eigenvalue weighted by atomic mass is 10.2. The molecular formula is C11H13NO3. The van der Waals surface area contributed by atoms with E-state index in [0.29, 0.717) is 17.7 Å². The summed E-state index contributed by atoms with van der Waals surface area (Å²) in [5, 5.41) is 20.9. The standard InChI is InChI=1S/C11H13NO3/c1-7(2)11(15)12-6-8-3-4-9(13)10(14)5-8/h3-5,13-14H,1,6H2,2H3,(H,12,15). The van der Waals surface area contributed by atoms with Crippen molar-refractivity contribution in [2.75, 3.05) is 0 Å². The molecule has 4 heteroatoms. The van der Waals surface area contributed by atoms with Crippen LogP contribution in [0.15, 0.2) is 30.4 Å². The fourth-order valence-electron chi connectivity index (χ4n) is 1.01. The quantitative estimate of drug-likeness (QED) is 0.516. The zero-order valence-electron chi connectivity index (χ0n) is 8.45. The predicted octanol–water partition coefficient (Wildman–Crippen LogP) is 1.29. The van der Waals surface area contributed by atoms with Crippen molar-refractivity contribution in [3.05, 3.63) is 35.9 Å². The summed E-state index contributed by atoms with van der Waals surface area (Å²) < 4.78 is 0. The second-order valence-corrected chi connectivity index (χ2v) is 3.29. The average Bonchev–Trinajstić information content (AvgIpc) is 2.19. The van der Waals surface area contributed by atoms with Gasteiger partial charge in [0.05, 0.1) is 0 Å². The third-order valence-corrected chi connectivity index (χ3v) is 1.88. The summed E-state index contributed by atoms with van der Waals surface area (Å²) in [5.74, 6) is -0.607. The van der Waals surface area contributed by atoms with Crippen molar-refractivity contribution in [2.45, 2.75) is 13.5 Å². The maximum absolute atomic E-state index is 11.1. The van der Waals surface area contributed by atoms with Crippen LogP contribution in [-0.4, -0.2) is 16.1 Å². The summed E-state index contributed by atoms with van der Waals surface area (Å²) in [6, 6.07) is 4.39. The molecule has 0 aliphatic carbocycles. The Kier molecular flexibility index (Phi) is 3.33. The van der Waals surface area contributed by atoms with Gasteiger partial charge in [0.1, 0.15) is 0 Å². The van der Waals surface area contributed by atoms with Gasteiger partial charge in [-0.1, -0.05) is 12.6 Å². The highest BCUT2D eigenvalue weighted by atomic mass is 16.3. The molecular weight excluding hydrogens is 194 g/mol. The third-order valence-electron chi connectivity index (χ3n) is 1.88. The average molecular weight is 207 g/mol.